The van der Waals surface area contributed by atoms with Crippen molar-refractivity contribution in [3.63, 3.8) is 0 Å². The van der Waals surface area contributed by atoms with Gasteiger partial charge in [-0.25, -0.2) is 0 Å². The third kappa shape index (κ3) is 5.13. The van der Waals surface area contributed by atoms with Crippen LogP contribution in [0.1, 0.15) is 25.8 Å². The number of ether oxygens (including phenoxy) is 1. The van der Waals surface area contributed by atoms with Gasteiger partial charge in [0, 0.05) is 18.1 Å². The van der Waals surface area contributed by atoms with Gasteiger partial charge in [0.05, 0.1) is 13.2 Å². The molecule has 0 heterocycles. The minimum Gasteiger partial charge on any atom is -0.497 e. The molecule has 0 bridgehead atoms. The predicted octanol–water partition coefficient (Wildman–Crippen LogP) is 2.71. The van der Waals surface area contributed by atoms with Crippen LogP contribution in [0.3, 0.4) is 0 Å². The standard InChI is InChI=1S/C15H23BrN2O2/c1-10(2)7-14(15(19)17-3)18-9-11-8-12(20-4)5-6-13(11)16/h5-6,8,10,14,18H,7,9H2,1-4H3,(H,17,19). The second kappa shape index (κ2) is 8.27. The third-order valence-corrected chi connectivity index (χ3v) is 3.84. The number of halogens is 1. The highest BCUT2D eigenvalue weighted by atomic mass is 79.9. The number of rotatable bonds is 7. The second-order valence-corrected chi connectivity index (χ2v) is 5.99. The van der Waals surface area contributed by atoms with Crippen molar-refractivity contribution < 1.29 is 9.53 Å². The lowest BCUT2D eigenvalue weighted by Gasteiger charge is -2.19. The van der Waals surface area contributed by atoms with Gasteiger partial charge in [0.1, 0.15) is 5.75 Å². The Morgan fingerprint density at radius 1 is 1.40 bits per heavy atom. The van der Waals surface area contributed by atoms with Gasteiger partial charge in [-0.3, -0.25) is 4.79 Å². The summed E-state index contributed by atoms with van der Waals surface area (Å²) in [5.41, 5.74) is 1.07. The van der Waals surface area contributed by atoms with Gasteiger partial charge >= 0.3 is 0 Å². The molecule has 0 radical (unpaired) electrons. The van der Waals surface area contributed by atoms with Gasteiger partial charge in [0.2, 0.25) is 5.91 Å². The summed E-state index contributed by atoms with van der Waals surface area (Å²) in [4.78, 5) is 11.9. The molecule has 0 aliphatic heterocycles. The number of carbonyl (C=O) groups is 1. The average molecular weight is 343 g/mol. The van der Waals surface area contributed by atoms with Crippen LogP contribution in [-0.2, 0) is 11.3 Å². The molecule has 0 aromatic heterocycles. The smallest absolute Gasteiger partial charge is 0.236 e. The number of methoxy groups -OCH3 is 1. The molecule has 1 rings (SSSR count). The largest absolute Gasteiger partial charge is 0.497 e. The van der Waals surface area contributed by atoms with Crippen LogP contribution in [0.5, 0.6) is 5.75 Å². The van der Waals surface area contributed by atoms with E-state index in [2.05, 4.69) is 40.4 Å². The van der Waals surface area contributed by atoms with Gasteiger partial charge in [0.25, 0.3) is 0 Å². The summed E-state index contributed by atoms with van der Waals surface area (Å²) in [5.74, 6) is 1.29. The number of benzene rings is 1. The van der Waals surface area contributed by atoms with Crippen LogP contribution in [-0.4, -0.2) is 26.1 Å². The predicted molar refractivity (Wildman–Crippen MR) is 84.8 cm³/mol. The molecule has 1 atom stereocenters. The zero-order valence-corrected chi connectivity index (χ0v) is 14.1. The number of likely N-dealkylation sites (N-methyl/N-ethyl adjacent to an activating group) is 1. The molecule has 0 saturated carbocycles. The van der Waals surface area contributed by atoms with Crippen molar-refractivity contribution >= 4 is 21.8 Å². The first-order chi connectivity index (χ1) is 9.47. The van der Waals surface area contributed by atoms with E-state index < -0.39 is 0 Å². The van der Waals surface area contributed by atoms with Crippen LogP contribution in [0.15, 0.2) is 22.7 Å². The molecule has 1 aromatic carbocycles. The van der Waals surface area contributed by atoms with Gasteiger partial charge in [-0.2, -0.15) is 0 Å². The van der Waals surface area contributed by atoms with Gasteiger partial charge in [0.15, 0.2) is 0 Å². The van der Waals surface area contributed by atoms with Gasteiger partial charge in [-0.05, 0) is 36.1 Å². The second-order valence-electron chi connectivity index (χ2n) is 5.13. The van der Waals surface area contributed by atoms with Crippen molar-refractivity contribution in [3.05, 3.63) is 28.2 Å². The summed E-state index contributed by atoms with van der Waals surface area (Å²) in [6.07, 6.45) is 0.807. The highest BCUT2D eigenvalue weighted by Gasteiger charge is 2.18. The van der Waals surface area contributed by atoms with Crippen LogP contribution >= 0.6 is 15.9 Å². The molecule has 5 heteroatoms. The fourth-order valence-corrected chi connectivity index (χ4v) is 2.36. The van der Waals surface area contributed by atoms with Crippen molar-refractivity contribution in [2.75, 3.05) is 14.2 Å². The Morgan fingerprint density at radius 2 is 2.10 bits per heavy atom. The molecule has 112 valence electrons. The molecular formula is C15H23BrN2O2. The van der Waals surface area contributed by atoms with Crippen molar-refractivity contribution in [3.8, 4) is 5.75 Å². The molecule has 0 aliphatic rings. The maximum absolute atomic E-state index is 11.9. The minimum absolute atomic E-state index is 0.0257. The SMILES string of the molecule is CNC(=O)C(CC(C)C)NCc1cc(OC)ccc1Br. The summed E-state index contributed by atoms with van der Waals surface area (Å²) < 4.78 is 6.23. The average Bonchev–Trinajstić information content (AvgIpc) is 2.43. The fraction of sp³-hybridized carbons (Fsp3) is 0.533. The van der Waals surface area contributed by atoms with E-state index in [0.29, 0.717) is 12.5 Å². The van der Waals surface area contributed by atoms with Crippen LogP contribution in [0.4, 0.5) is 0 Å². The Balaban J connectivity index is 2.73. The molecule has 0 spiro atoms. The molecule has 0 fully saturated rings. The van der Waals surface area contributed by atoms with Crippen molar-refractivity contribution in [1.82, 2.24) is 10.6 Å². The van der Waals surface area contributed by atoms with E-state index >= 15 is 0 Å². The zero-order chi connectivity index (χ0) is 15.1. The Hall–Kier alpha value is -1.07. The Bertz CT molecular complexity index is 449. The number of hydrogen-bond donors (Lipinski definition) is 2. The van der Waals surface area contributed by atoms with Crippen LogP contribution in [0, 0.1) is 5.92 Å². The fourth-order valence-electron chi connectivity index (χ4n) is 1.98. The monoisotopic (exact) mass is 342 g/mol. The number of hydrogen-bond acceptors (Lipinski definition) is 3. The Morgan fingerprint density at radius 3 is 2.65 bits per heavy atom. The molecular weight excluding hydrogens is 320 g/mol. The topological polar surface area (TPSA) is 50.4 Å². The van der Waals surface area contributed by atoms with E-state index in [9.17, 15) is 4.79 Å². The highest BCUT2D eigenvalue weighted by Crippen LogP contribution is 2.22. The van der Waals surface area contributed by atoms with Crippen molar-refractivity contribution in [2.24, 2.45) is 5.92 Å². The van der Waals surface area contributed by atoms with Gasteiger partial charge in [-0.1, -0.05) is 29.8 Å². The molecule has 20 heavy (non-hydrogen) atoms. The van der Waals surface area contributed by atoms with Crippen LogP contribution < -0.4 is 15.4 Å². The number of amides is 1. The Labute approximate surface area is 129 Å². The first kappa shape index (κ1) is 17.0. The summed E-state index contributed by atoms with van der Waals surface area (Å²) >= 11 is 3.52. The first-order valence-corrected chi connectivity index (χ1v) is 7.54. The van der Waals surface area contributed by atoms with E-state index in [4.69, 9.17) is 4.74 Å². The van der Waals surface area contributed by atoms with E-state index in [-0.39, 0.29) is 11.9 Å². The first-order valence-electron chi connectivity index (χ1n) is 6.75. The maximum atomic E-state index is 11.9. The normalized spacial score (nSPS) is 12.3. The van der Waals surface area contributed by atoms with Crippen molar-refractivity contribution in [2.45, 2.75) is 32.9 Å². The lowest BCUT2D eigenvalue weighted by Crippen LogP contribution is -2.43. The lowest BCUT2D eigenvalue weighted by atomic mass is 10.0. The Kier molecular flexibility index (Phi) is 7.02. The van der Waals surface area contributed by atoms with Crippen molar-refractivity contribution in [1.29, 1.82) is 0 Å². The van der Waals surface area contributed by atoms with Crippen LogP contribution in [0.25, 0.3) is 0 Å². The third-order valence-electron chi connectivity index (χ3n) is 3.06. The summed E-state index contributed by atoms with van der Waals surface area (Å²) in [6, 6.07) is 5.64. The molecule has 1 aromatic rings. The van der Waals surface area contributed by atoms with Gasteiger partial charge < -0.3 is 15.4 Å². The van der Waals surface area contributed by atoms with E-state index in [1.165, 1.54) is 0 Å². The van der Waals surface area contributed by atoms with E-state index in [0.717, 1.165) is 22.2 Å². The highest BCUT2D eigenvalue weighted by molar-refractivity contribution is 9.10. The van der Waals surface area contributed by atoms with Crippen LogP contribution in [0.2, 0.25) is 0 Å². The molecule has 1 unspecified atom stereocenters. The number of carbonyl (C=O) groups excluding carboxylic acids is 1. The summed E-state index contributed by atoms with van der Waals surface area (Å²) in [6.45, 7) is 4.83. The quantitative estimate of drug-likeness (QED) is 0.800. The summed E-state index contributed by atoms with van der Waals surface area (Å²) in [7, 11) is 3.31. The van der Waals surface area contributed by atoms with Gasteiger partial charge in [-0.15, -0.1) is 0 Å². The van der Waals surface area contributed by atoms with E-state index in [1.807, 2.05) is 18.2 Å². The maximum Gasteiger partial charge on any atom is 0.236 e. The molecule has 0 saturated heterocycles. The molecule has 4 nitrogen and oxygen atoms in total. The lowest BCUT2D eigenvalue weighted by molar-refractivity contribution is -0.123. The summed E-state index contributed by atoms with van der Waals surface area (Å²) in [5, 5.41) is 6.02. The molecule has 1 amide bonds. The number of nitrogens with one attached hydrogen (secondary N) is 2. The molecule has 0 aliphatic carbocycles. The minimum atomic E-state index is -0.182. The molecule has 2 N–H and O–H groups in total. The van der Waals surface area contributed by atoms with E-state index in [1.54, 1.807) is 14.2 Å². The zero-order valence-electron chi connectivity index (χ0n) is 12.5.